The number of anilines is 1. The predicted molar refractivity (Wildman–Crippen MR) is 131 cm³/mol. The average Bonchev–Trinajstić information content (AvgIpc) is 3.53. The first-order valence-corrected chi connectivity index (χ1v) is 11.0. The zero-order valence-electron chi connectivity index (χ0n) is 19.8. The zero-order valence-corrected chi connectivity index (χ0v) is 19.8. The second kappa shape index (κ2) is 8.86. The molecule has 0 N–H and O–H groups in total. The number of ether oxygens (including phenoxy) is 2. The van der Waals surface area contributed by atoms with Gasteiger partial charge in [-0.1, -0.05) is 6.08 Å². The van der Waals surface area contributed by atoms with Crippen LogP contribution in [0.4, 0.5) is 10.1 Å². The van der Waals surface area contributed by atoms with Crippen LogP contribution < -0.4 is 14.4 Å². The Morgan fingerprint density at radius 3 is 2.80 bits per heavy atom. The van der Waals surface area contributed by atoms with Crippen molar-refractivity contribution in [2.45, 2.75) is 25.0 Å². The summed E-state index contributed by atoms with van der Waals surface area (Å²) in [6, 6.07) is 2.90. The molecule has 2 aliphatic rings. The molecule has 0 bridgehead atoms. The fourth-order valence-electron chi connectivity index (χ4n) is 4.21. The molecule has 0 saturated heterocycles. The van der Waals surface area contributed by atoms with E-state index in [2.05, 4.69) is 16.2 Å². The lowest BCUT2D eigenvalue weighted by Crippen LogP contribution is -2.43. The van der Waals surface area contributed by atoms with Gasteiger partial charge in [-0.05, 0) is 19.1 Å². The van der Waals surface area contributed by atoms with Gasteiger partial charge in [0.05, 0.1) is 38.3 Å². The lowest BCUT2D eigenvalue weighted by molar-refractivity contribution is 0.374. The summed E-state index contributed by atoms with van der Waals surface area (Å²) in [5.74, 6) is 0.887. The first-order chi connectivity index (χ1) is 16.9. The largest absolute Gasteiger partial charge is 0.497 e. The highest BCUT2D eigenvalue weighted by Crippen LogP contribution is 2.37. The van der Waals surface area contributed by atoms with Gasteiger partial charge in [-0.25, -0.2) is 9.37 Å². The fourth-order valence-corrected chi connectivity index (χ4v) is 4.21. The van der Waals surface area contributed by atoms with E-state index in [0.29, 0.717) is 17.5 Å². The normalized spacial score (nSPS) is 20.8. The van der Waals surface area contributed by atoms with Gasteiger partial charge in [-0.2, -0.15) is 5.10 Å². The molecule has 3 aromatic rings. The van der Waals surface area contributed by atoms with E-state index in [1.807, 2.05) is 38.5 Å². The number of benzene rings is 1. The molecule has 1 aromatic carbocycles. The maximum Gasteiger partial charge on any atom is 0.213 e. The highest BCUT2D eigenvalue weighted by Gasteiger charge is 2.37. The molecule has 0 radical (unpaired) electrons. The van der Waals surface area contributed by atoms with Crippen molar-refractivity contribution in [3.05, 3.63) is 72.5 Å². The minimum atomic E-state index is -0.696. The van der Waals surface area contributed by atoms with Gasteiger partial charge in [0.25, 0.3) is 0 Å². The average molecular weight is 477 g/mol. The summed E-state index contributed by atoms with van der Waals surface area (Å²) >= 11 is 0. The lowest BCUT2D eigenvalue weighted by Gasteiger charge is -2.36. The molecular weight excluding hydrogens is 451 g/mol. The molecular formula is C25H25FN6O3. The van der Waals surface area contributed by atoms with Crippen molar-refractivity contribution in [1.82, 2.24) is 14.8 Å². The number of aliphatic imine (C=N–C) groups is 2. The second-order valence-electron chi connectivity index (χ2n) is 8.46. The third-order valence-electron chi connectivity index (χ3n) is 6.04. The van der Waals surface area contributed by atoms with Crippen LogP contribution in [-0.2, 0) is 13.6 Å². The summed E-state index contributed by atoms with van der Waals surface area (Å²) in [4.78, 5) is 15.7. The van der Waals surface area contributed by atoms with E-state index in [1.54, 1.807) is 28.0 Å². The van der Waals surface area contributed by atoms with Crippen LogP contribution >= 0.6 is 0 Å². The summed E-state index contributed by atoms with van der Waals surface area (Å²) in [6.45, 7) is 2.15. The van der Waals surface area contributed by atoms with E-state index < -0.39 is 11.4 Å². The van der Waals surface area contributed by atoms with Crippen LogP contribution in [0.2, 0.25) is 0 Å². The van der Waals surface area contributed by atoms with Crippen LogP contribution in [0.15, 0.2) is 69.6 Å². The van der Waals surface area contributed by atoms with E-state index in [-0.39, 0.29) is 24.0 Å². The maximum atomic E-state index is 15.5. The van der Waals surface area contributed by atoms with Crippen molar-refractivity contribution in [3.63, 3.8) is 0 Å². The van der Waals surface area contributed by atoms with Gasteiger partial charge in [-0.3, -0.25) is 14.7 Å². The van der Waals surface area contributed by atoms with Crippen LogP contribution in [0, 0.1) is 5.82 Å². The molecule has 2 aliphatic heterocycles. The maximum absolute atomic E-state index is 15.5. The summed E-state index contributed by atoms with van der Waals surface area (Å²) in [7, 11) is 4.80. The third kappa shape index (κ3) is 4.23. The Bertz CT molecular complexity index is 1360. The fraction of sp³-hybridized carbons (Fsp3) is 0.280. The molecule has 0 aliphatic carbocycles. The number of halogens is 1. The van der Waals surface area contributed by atoms with Crippen LogP contribution in [0.25, 0.3) is 5.57 Å². The number of dihydropyridines is 2. The van der Waals surface area contributed by atoms with Crippen molar-refractivity contribution in [2.24, 2.45) is 17.0 Å². The Hall–Kier alpha value is -4.21. The Labute approximate surface area is 201 Å². The first kappa shape index (κ1) is 22.6. The molecule has 35 heavy (non-hydrogen) atoms. The number of fused-ring (bicyclic) bond motifs is 1. The SMILES string of the molecule is COc1cc(OC)c(F)c(N(Cc2ncco2)C2=NC3(C)C=C(c4cnn(C)c4)C=NC3C=C2)c1. The van der Waals surface area contributed by atoms with Crippen LogP contribution in [0.1, 0.15) is 18.4 Å². The van der Waals surface area contributed by atoms with E-state index >= 15 is 4.39 Å². The van der Waals surface area contributed by atoms with Gasteiger partial charge >= 0.3 is 0 Å². The molecule has 10 heteroatoms. The van der Waals surface area contributed by atoms with Gasteiger partial charge in [0, 0.05) is 42.7 Å². The summed E-state index contributed by atoms with van der Waals surface area (Å²) < 4.78 is 33.4. The summed E-state index contributed by atoms with van der Waals surface area (Å²) in [5.41, 5.74) is 1.39. The van der Waals surface area contributed by atoms with Crippen molar-refractivity contribution in [1.29, 1.82) is 0 Å². The van der Waals surface area contributed by atoms with E-state index in [9.17, 15) is 0 Å². The van der Waals surface area contributed by atoms with Gasteiger partial charge in [0.1, 0.15) is 29.9 Å². The molecule has 2 aromatic heterocycles. The number of oxazole rings is 1. The van der Waals surface area contributed by atoms with E-state index in [1.165, 1.54) is 26.5 Å². The number of nitrogens with zero attached hydrogens (tertiary/aromatic N) is 6. The predicted octanol–water partition coefficient (Wildman–Crippen LogP) is 3.83. The Morgan fingerprint density at radius 2 is 2.11 bits per heavy atom. The molecule has 2 unspecified atom stereocenters. The zero-order chi connectivity index (χ0) is 24.6. The standard InChI is InChI=1S/C25H25FN6O3/c1-25-11-16(17-13-29-31(2)14-17)12-28-21(25)5-6-22(30-25)32(15-23-27-7-8-35-23)19-9-18(33-3)10-20(34-4)24(19)26/h5-14,21H,15H2,1-4H3. The smallest absolute Gasteiger partial charge is 0.213 e. The summed E-state index contributed by atoms with van der Waals surface area (Å²) in [6.07, 6.45) is 14.4. The van der Waals surface area contributed by atoms with Crippen LogP contribution in [0.5, 0.6) is 11.5 Å². The molecule has 0 saturated carbocycles. The molecule has 0 amide bonds. The first-order valence-electron chi connectivity index (χ1n) is 11.0. The number of rotatable bonds is 6. The highest BCUT2D eigenvalue weighted by molar-refractivity contribution is 6.12. The van der Waals surface area contributed by atoms with Gasteiger partial charge in [-0.15, -0.1) is 0 Å². The van der Waals surface area contributed by atoms with Crippen LogP contribution in [0.3, 0.4) is 0 Å². The Morgan fingerprint density at radius 1 is 1.26 bits per heavy atom. The molecule has 9 nitrogen and oxygen atoms in total. The number of amidine groups is 1. The molecule has 0 fully saturated rings. The molecule has 0 spiro atoms. The molecule has 5 rings (SSSR count). The van der Waals surface area contributed by atoms with Crippen molar-refractivity contribution in [3.8, 4) is 11.5 Å². The van der Waals surface area contributed by atoms with Gasteiger partial charge in [0.15, 0.2) is 11.6 Å². The second-order valence-corrected chi connectivity index (χ2v) is 8.46. The Balaban J connectivity index is 1.60. The van der Waals surface area contributed by atoms with Crippen LogP contribution in [-0.4, -0.2) is 52.6 Å². The van der Waals surface area contributed by atoms with Crippen molar-refractivity contribution >= 4 is 23.3 Å². The number of aryl methyl sites for hydroxylation is 1. The number of aromatic nitrogens is 3. The van der Waals surface area contributed by atoms with Gasteiger partial charge < -0.3 is 18.8 Å². The van der Waals surface area contributed by atoms with Crippen molar-refractivity contribution in [2.75, 3.05) is 19.1 Å². The monoisotopic (exact) mass is 476 g/mol. The number of hydrogen-bond acceptors (Lipinski definition) is 8. The number of hydrogen-bond donors (Lipinski definition) is 0. The van der Waals surface area contributed by atoms with Gasteiger partial charge in [0.2, 0.25) is 5.89 Å². The van der Waals surface area contributed by atoms with E-state index in [0.717, 1.165) is 11.1 Å². The summed E-state index contributed by atoms with van der Waals surface area (Å²) in [5, 5.41) is 4.26. The highest BCUT2D eigenvalue weighted by atomic mass is 19.1. The minimum Gasteiger partial charge on any atom is -0.497 e. The third-order valence-corrected chi connectivity index (χ3v) is 6.04. The minimum absolute atomic E-state index is 0.0576. The number of methoxy groups -OCH3 is 2. The quantitative estimate of drug-likeness (QED) is 0.537. The lowest BCUT2D eigenvalue weighted by atomic mass is 9.85. The molecule has 2 atom stereocenters. The topological polar surface area (TPSA) is 90.3 Å². The molecule has 180 valence electrons. The Kier molecular flexibility index (Phi) is 5.72. The van der Waals surface area contributed by atoms with Crippen molar-refractivity contribution < 1.29 is 18.3 Å². The molecule has 4 heterocycles. The number of allylic oxidation sites excluding steroid dienone is 1. The van der Waals surface area contributed by atoms with E-state index in [4.69, 9.17) is 23.9 Å².